The molecule has 2 aromatic rings. The largest absolute Gasteiger partial charge is 0.386 e. The first kappa shape index (κ1) is 14.8. The zero-order chi connectivity index (χ0) is 15.2. The van der Waals surface area contributed by atoms with E-state index in [9.17, 15) is 9.59 Å². The van der Waals surface area contributed by atoms with Crippen LogP contribution < -0.4 is 10.6 Å². The molecule has 0 aliphatic carbocycles. The van der Waals surface area contributed by atoms with Crippen molar-refractivity contribution in [2.75, 3.05) is 17.7 Å². The van der Waals surface area contributed by atoms with Gasteiger partial charge in [0.1, 0.15) is 5.78 Å². The maximum Gasteiger partial charge on any atom is 0.255 e. The summed E-state index contributed by atoms with van der Waals surface area (Å²) in [7, 11) is 1.81. The average molecular weight is 281 g/mol. The lowest BCUT2D eigenvalue weighted by molar-refractivity contribution is -0.116. The molecule has 0 fully saturated rings. The second kappa shape index (κ2) is 6.70. The van der Waals surface area contributed by atoms with Crippen LogP contribution in [-0.4, -0.2) is 18.7 Å². The number of nitrogens with one attached hydrogen (secondary N) is 2. The molecule has 2 aromatic carbocycles. The van der Waals surface area contributed by atoms with Crippen LogP contribution in [0.3, 0.4) is 0 Å². The summed E-state index contributed by atoms with van der Waals surface area (Å²) >= 11 is 0. The summed E-state index contributed by atoms with van der Waals surface area (Å²) in [4.78, 5) is 23.3. The van der Waals surface area contributed by atoms with Gasteiger partial charge in [0.2, 0.25) is 0 Å². The standard InChI is InChI=1S/C17H18N2O2/c1-12(20)11-13-7-9-14(10-8-13)17(21)19-16-6-4-3-5-15(16)18-2/h3-10,18H,11H2,1-2H3,(H,19,21)/i2-1. The number of para-hydroxylation sites is 2. The lowest BCUT2D eigenvalue weighted by Crippen LogP contribution is -2.13. The van der Waals surface area contributed by atoms with Crippen LogP contribution in [0.4, 0.5) is 11.4 Å². The second-order valence-electron chi connectivity index (χ2n) is 4.83. The maximum absolute atomic E-state index is 12.2. The van der Waals surface area contributed by atoms with Gasteiger partial charge in [0, 0.05) is 19.0 Å². The Kier molecular flexibility index (Phi) is 4.72. The number of benzene rings is 2. The van der Waals surface area contributed by atoms with Crippen LogP contribution in [0, 0.1) is 0 Å². The van der Waals surface area contributed by atoms with Crippen LogP contribution in [0.2, 0.25) is 0 Å². The third-order valence-electron chi connectivity index (χ3n) is 3.11. The summed E-state index contributed by atoms with van der Waals surface area (Å²) < 4.78 is 0. The molecule has 0 saturated heterocycles. The fraction of sp³-hybridized carbons (Fsp3) is 0.176. The Hall–Kier alpha value is -2.62. The predicted octanol–water partition coefficient (Wildman–Crippen LogP) is 3.11. The van der Waals surface area contributed by atoms with Gasteiger partial charge in [-0.05, 0) is 36.8 Å². The van der Waals surface area contributed by atoms with Crippen LogP contribution in [0.1, 0.15) is 22.8 Å². The van der Waals surface area contributed by atoms with E-state index in [0.29, 0.717) is 12.0 Å². The maximum atomic E-state index is 12.2. The van der Waals surface area contributed by atoms with E-state index in [4.69, 9.17) is 0 Å². The molecule has 0 spiro atoms. The number of rotatable bonds is 5. The Morgan fingerprint density at radius 1 is 0.952 bits per heavy atom. The van der Waals surface area contributed by atoms with Gasteiger partial charge in [-0.15, -0.1) is 0 Å². The molecule has 0 atom stereocenters. The molecule has 0 unspecified atom stereocenters. The summed E-state index contributed by atoms with van der Waals surface area (Å²) in [5.41, 5.74) is 3.07. The van der Waals surface area contributed by atoms with Crippen LogP contribution >= 0.6 is 0 Å². The van der Waals surface area contributed by atoms with E-state index in [2.05, 4.69) is 10.6 Å². The molecule has 0 heterocycles. The van der Waals surface area contributed by atoms with Gasteiger partial charge in [-0.2, -0.15) is 0 Å². The molecule has 1 amide bonds. The van der Waals surface area contributed by atoms with Gasteiger partial charge in [0.15, 0.2) is 0 Å². The van der Waals surface area contributed by atoms with Crippen LogP contribution in [0.25, 0.3) is 0 Å². The minimum absolute atomic E-state index is 0.107. The Morgan fingerprint density at radius 3 is 2.14 bits per heavy atom. The molecule has 0 saturated carbocycles. The van der Waals surface area contributed by atoms with Crippen LogP contribution in [0.5, 0.6) is 0 Å². The van der Waals surface area contributed by atoms with Crippen molar-refractivity contribution in [3.8, 4) is 0 Å². The van der Waals surface area contributed by atoms with E-state index in [1.54, 1.807) is 31.2 Å². The molecule has 2 N–H and O–H groups in total. The van der Waals surface area contributed by atoms with Crippen molar-refractivity contribution in [2.45, 2.75) is 13.3 Å². The highest BCUT2D eigenvalue weighted by Gasteiger charge is 2.08. The monoisotopic (exact) mass is 281 g/mol. The number of hydrogen-bond acceptors (Lipinski definition) is 3. The third kappa shape index (κ3) is 3.92. The van der Waals surface area contributed by atoms with E-state index in [1.165, 1.54) is 0 Å². The molecule has 21 heavy (non-hydrogen) atoms. The van der Waals surface area contributed by atoms with Gasteiger partial charge in [0.05, 0.1) is 11.4 Å². The normalized spacial score (nSPS) is 10.0. The molecule has 0 aromatic heterocycles. The Morgan fingerprint density at radius 2 is 1.57 bits per heavy atom. The van der Waals surface area contributed by atoms with Crippen molar-refractivity contribution < 1.29 is 9.59 Å². The van der Waals surface area contributed by atoms with Crippen LogP contribution in [0.15, 0.2) is 48.5 Å². The van der Waals surface area contributed by atoms with Crippen molar-refractivity contribution in [3.05, 3.63) is 59.7 Å². The highest BCUT2D eigenvalue weighted by molar-refractivity contribution is 6.05. The van der Waals surface area contributed by atoms with Gasteiger partial charge >= 0.3 is 0 Å². The van der Waals surface area contributed by atoms with E-state index in [-0.39, 0.29) is 11.7 Å². The highest BCUT2D eigenvalue weighted by Crippen LogP contribution is 2.21. The number of ketones is 1. The minimum Gasteiger partial charge on any atom is -0.386 e. The number of amides is 1. The summed E-state index contributed by atoms with van der Waals surface area (Å²) in [6, 6.07) is 14.6. The quantitative estimate of drug-likeness (QED) is 0.885. The Labute approximate surface area is 124 Å². The minimum atomic E-state index is -0.174. The van der Waals surface area contributed by atoms with E-state index < -0.39 is 0 Å². The number of anilines is 2. The highest BCUT2D eigenvalue weighted by atomic mass is 16.1. The fourth-order valence-corrected chi connectivity index (χ4v) is 2.07. The Bertz CT molecular complexity index is 648. The van der Waals surface area contributed by atoms with Gasteiger partial charge in [-0.1, -0.05) is 24.3 Å². The van der Waals surface area contributed by atoms with Gasteiger partial charge in [0.25, 0.3) is 5.91 Å². The van der Waals surface area contributed by atoms with E-state index >= 15 is 0 Å². The predicted molar refractivity (Wildman–Crippen MR) is 84.8 cm³/mol. The van der Waals surface area contributed by atoms with Crippen LogP contribution in [-0.2, 0) is 11.2 Å². The molecule has 0 bridgehead atoms. The zero-order valence-electron chi connectivity index (χ0n) is 12.1. The lowest BCUT2D eigenvalue weighted by atomic mass is 10.1. The first-order valence-corrected chi connectivity index (χ1v) is 6.76. The van der Waals surface area contributed by atoms with E-state index in [1.807, 2.05) is 31.3 Å². The number of Topliss-reactive ketones (excluding diaryl/α,β-unsaturated/α-hetero) is 1. The summed E-state index contributed by atoms with van der Waals surface area (Å²) in [5, 5.41) is 5.90. The lowest BCUT2D eigenvalue weighted by Gasteiger charge is -2.10. The average Bonchev–Trinajstić information content (AvgIpc) is 2.48. The van der Waals surface area contributed by atoms with Gasteiger partial charge in [-0.25, -0.2) is 0 Å². The van der Waals surface area contributed by atoms with Crippen molar-refractivity contribution in [2.24, 2.45) is 0 Å². The fourth-order valence-electron chi connectivity index (χ4n) is 2.07. The number of hydrogen-bond donors (Lipinski definition) is 2. The van der Waals surface area contributed by atoms with E-state index in [0.717, 1.165) is 16.9 Å². The second-order valence-corrected chi connectivity index (χ2v) is 4.83. The van der Waals surface area contributed by atoms with Crippen molar-refractivity contribution in [1.82, 2.24) is 0 Å². The molecule has 0 aliphatic heterocycles. The Balaban J connectivity index is 2.11. The van der Waals surface area contributed by atoms with Crippen molar-refractivity contribution in [1.29, 1.82) is 0 Å². The zero-order valence-corrected chi connectivity index (χ0v) is 12.1. The first-order valence-electron chi connectivity index (χ1n) is 6.76. The summed E-state index contributed by atoms with van der Waals surface area (Å²) in [6.45, 7) is 1.55. The van der Waals surface area contributed by atoms with Crippen molar-refractivity contribution in [3.63, 3.8) is 0 Å². The molecule has 0 radical (unpaired) electrons. The SMILES string of the molecule is CC(=O)Cc1ccc(C(=O)Nc2ccccc2N[11CH3])cc1. The molecule has 2 rings (SSSR count). The molecule has 0 aliphatic rings. The number of carbonyl (C=O) groups excluding carboxylic acids is 2. The molecule has 108 valence electrons. The topological polar surface area (TPSA) is 58.2 Å². The third-order valence-corrected chi connectivity index (χ3v) is 3.11. The van der Waals surface area contributed by atoms with Gasteiger partial charge < -0.3 is 10.6 Å². The molecule has 4 nitrogen and oxygen atoms in total. The molecular formula is C17H18N2O2. The first-order chi connectivity index (χ1) is 10.1. The number of carbonyl (C=O) groups is 2. The summed E-state index contributed by atoms with van der Waals surface area (Å²) in [5.74, 6) is -0.0674. The smallest absolute Gasteiger partial charge is 0.255 e. The summed E-state index contributed by atoms with van der Waals surface area (Å²) in [6.07, 6.45) is 0.393. The van der Waals surface area contributed by atoms with Gasteiger partial charge in [-0.3, -0.25) is 9.59 Å². The van der Waals surface area contributed by atoms with Crippen molar-refractivity contribution >= 4 is 23.1 Å². The molecular weight excluding hydrogens is 263 g/mol. The molecule has 4 heteroatoms.